The summed E-state index contributed by atoms with van der Waals surface area (Å²) in [6, 6.07) is 6.04. The maximum Gasteiger partial charge on any atom is 0.163 e. The van der Waals surface area contributed by atoms with Crippen molar-refractivity contribution in [1.82, 2.24) is 4.90 Å². The highest BCUT2D eigenvalue weighted by Crippen LogP contribution is 2.34. The molecule has 1 aromatic carbocycles. The van der Waals surface area contributed by atoms with E-state index in [1.165, 1.54) is 12.8 Å². The highest BCUT2D eigenvalue weighted by atomic mass is 16.5. The van der Waals surface area contributed by atoms with Crippen molar-refractivity contribution in [3.05, 3.63) is 23.8 Å². The van der Waals surface area contributed by atoms with E-state index >= 15 is 0 Å². The molecule has 0 amide bonds. The topological polar surface area (TPSA) is 47.7 Å². The largest absolute Gasteiger partial charge is 0.493 e. The van der Waals surface area contributed by atoms with E-state index in [0.717, 1.165) is 36.6 Å². The third-order valence-electron chi connectivity index (χ3n) is 4.37. The zero-order valence-corrected chi connectivity index (χ0v) is 12.8. The molecule has 4 nitrogen and oxygen atoms in total. The van der Waals surface area contributed by atoms with E-state index in [9.17, 15) is 0 Å². The van der Waals surface area contributed by atoms with E-state index in [1.807, 2.05) is 12.1 Å². The molecule has 1 atom stereocenters. The average molecular weight is 278 g/mol. The predicted octanol–water partition coefficient (Wildman–Crippen LogP) is 2.06. The van der Waals surface area contributed by atoms with Crippen LogP contribution >= 0.6 is 0 Å². The first kappa shape index (κ1) is 15.1. The molecule has 20 heavy (non-hydrogen) atoms. The molecule has 2 rings (SSSR count). The Hall–Kier alpha value is -1.26. The summed E-state index contributed by atoms with van der Waals surface area (Å²) in [5.41, 5.74) is 7.22. The molecule has 0 aromatic heterocycles. The number of nitrogens with zero attached hydrogens (tertiary/aromatic N) is 1. The van der Waals surface area contributed by atoms with Crippen LogP contribution in [0.3, 0.4) is 0 Å². The number of nitrogens with two attached hydrogens (primary N) is 1. The van der Waals surface area contributed by atoms with Gasteiger partial charge in [0.1, 0.15) is 0 Å². The van der Waals surface area contributed by atoms with Gasteiger partial charge in [0, 0.05) is 12.1 Å². The van der Waals surface area contributed by atoms with Gasteiger partial charge in [-0.25, -0.2) is 0 Å². The average Bonchev–Trinajstić information content (AvgIpc) is 3.01. The smallest absolute Gasteiger partial charge is 0.163 e. The summed E-state index contributed by atoms with van der Waals surface area (Å²) in [5.74, 6) is 1.61. The molecule has 1 unspecified atom stereocenters. The number of benzene rings is 1. The number of hydrogen-bond acceptors (Lipinski definition) is 4. The predicted molar refractivity (Wildman–Crippen MR) is 81.5 cm³/mol. The van der Waals surface area contributed by atoms with E-state index in [0.29, 0.717) is 6.54 Å². The molecule has 1 saturated heterocycles. The normalized spacial score (nSPS) is 18.8. The van der Waals surface area contributed by atoms with Gasteiger partial charge >= 0.3 is 0 Å². The summed E-state index contributed by atoms with van der Waals surface area (Å²) < 4.78 is 10.9. The molecule has 1 fully saturated rings. The quantitative estimate of drug-likeness (QED) is 0.865. The molecule has 0 radical (unpaired) electrons. The summed E-state index contributed by atoms with van der Waals surface area (Å²) in [4.78, 5) is 2.51. The zero-order chi connectivity index (χ0) is 14.6. The highest BCUT2D eigenvalue weighted by Gasteiger charge is 2.33. The Morgan fingerprint density at radius 3 is 2.45 bits per heavy atom. The van der Waals surface area contributed by atoms with Crippen LogP contribution in [-0.2, 0) is 6.42 Å². The first-order valence-corrected chi connectivity index (χ1v) is 7.29. The van der Waals surface area contributed by atoms with E-state index < -0.39 is 0 Å². The van der Waals surface area contributed by atoms with Crippen LogP contribution in [0.1, 0.15) is 25.3 Å². The Labute approximate surface area is 121 Å². The number of likely N-dealkylation sites (tertiary alicyclic amines) is 1. The van der Waals surface area contributed by atoms with E-state index in [-0.39, 0.29) is 5.54 Å². The van der Waals surface area contributed by atoms with Crippen LogP contribution in [0.2, 0.25) is 0 Å². The molecule has 0 spiro atoms. The van der Waals surface area contributed by atoms with Crippen molar-refractivity contribution in [3.8, 4) is 11.5 Å². The molecule has 0 bridgehead atoms. The van der Waals surface area contributed by atoms with E-state index in [2.05, 4.69) is 17.9 Å². The second-order valence-electron chi connectivity index (χ2n) is 5.72. The lowest BCUT2D eigenvalue weighted by molar-refractivity contribution is 0.142. The number of hydrogen-bond donors (Lipinski definition) is 1. The van der Waals surface area contributed by atoms with Gasteiger partial charge in [0.05, 0.1) is 14.2 Å². The van der Waals surface area contributed by atoms with Gasteiger partial charge < -0.3 is 15.2 Å². The van der Waals surface area contributed by atoms with Gasteiger partial charge in [-0.1, -0.05) is 12.1 Å². The minimum absolute atomic E-state index is 0.0177. The SMILES string of the molecule is COc1cccc(CC(C)(CN)N2CCCC2)c1OC. The first-order valence-electron chi connectivity index (χ1n) is 7.29. The third kappa shape index (κ3) is 2.91. The van der Waals surface area contributed by atoms with Crippen molar-refractivity contribution in [2.75, 3.05) is 33.9 Å². The molecule has 0 saturated carbocycles. The van der Waals surface area contributed by atoms with Crippen LogP contribution in [-0.4, -0.2) is 44.3 Å². The molecule has 0 aliphatic carbocycles. The molecule has 1 aliphatic rings. The lowest BCUT2D eigenvalue weighted by atomic mass is 9.90. The van der Waals surface area contributed by atoms with Crippen LogP contribution in [0.4, 0.5) is 0 Å². The minimum Gasteiger partial charge on any atom is -0.493 e. The van der Waals surface area contributed by atoms with Gasteiger partial charge in [0.25, 0.3) is 0 Å². The third-order valence-corrected chi connectivity index (χ3v) is 4.37. The lowest BCUT2D eigenvalue weighted by Gasteiger charge is -2.38. The fourth-order valence-corrected chi connectivity index (χ4v) is 3.07. The van der Waals surface area contributed by atoms with Crippen LogP contribution < -0.4 is 15.2 Å². The summed E-state index contributed by atoms with van der Waals surface area (Å²) in [5, 5.41) is 0. The maximum atomic E-state index is 6.08. The molecular formula is C16H26N2O2. The lowest BCUT2D eigenvalue weighted by Crippen LogP contribution is -2.51. The Kier molecular flexibility index (Phi) is 4.89. The van der Waals surface area contributed by atoms with Crippen molar-refractivity contribution in [1.29, 1.82) is 0 Å². The Morgan fingerprint density at radius 2 is 1.90 bits per heavy atom. The monoisotopic (exact) mass is 278 g/mol. The van der Waals surface area contributed by atoms with Crippen molar-refractivity contribution in [2.24, 2.45) is 5.73 Å². The van der Waals surface area contributed by atoms with Gasteiger partial charge in [0.2, 0.25) is 0 Å². The molecule has 1 aromatic rings. The van der Waals surface area contributed by atoms with Crippen LogP contribution in [0, 0.1) is 0 Å². The van der Waals surface area contributed by atoms with Gasteiger partial charge in [-0.3, -0.25) is 4.90 Å². The fourth-order valence-electron chi connectivity index (χ4n) is 3.07. The standard InChI is InChI=1S/C16H26N2O2/c1-16(12-17,18-9-4-5-10-18)11-13-7-6-8-14(19-2)15(13)20-3/h6-8H,4-5,9-12,17H2,1-3H3. The first-order chi connectivity index (χ1) is 9.64. The van der Waals surface area contributed by atoms with Gasteiger partial charge in [-0.05, 0) is 50.9 Å². The Balaban J connectivity index is 2.27. The maximum absolute atomic E-state index is 6.08. The second kappa shape index (κ2) is 6.46. The van der Waals surface area contributed by atoms with Crippen LogP contribution in [0.25, 0.3) is 0 Å². The number of para-hydroxylation sites is 1. The molecule has 2 N–H and O–H groups in total. The van der Waals surface area contributed by atoms with Crippen molar-refractivity contribution in [3.63, 3.8) is 0 Å². The fraction of sp³-hybridized carbons (Fsp3) is 0.625. The van der Waals surface area contributed by atoms with E-state index in [1.54, 1.807) is 14.2 Å². The van der Waals surface area contributed by atoms with Crippen molar-refractivity contribution < 1.29 is 9.47 Å². The number of methoxy groups -OCH3 is 2. The summed E-state index contributed by atoms with van der Waals surface area (Å²) in [6.45, 7) is 5.17. The molecule has 1 aliphatic heterocycles. The van der Waals surface area contributed by atoms with Crippen molar-refractivity contribution >= 4 is 0 Å². The molecule has 112 valence electrons. The zero-order valence-electron chi connectivity index (χ0n) is 12.8. The summed E-state index contributed by atoms with van der Waals surface area (Å²) >= 11 is 0. The van der Waals surface area contributed by atoms with Crippen molar-refractivity contribution in [2.45, 2.75) is 31.7 Å². The Morgan fingerprint density at radius 1 is 1.20 bits per heavy atom. The van der Waals surface area contributed by atoms with Gasteiger partial charge in [-0.2, -0.15) is 0 Å². The number of rotatable bonds is 6. The van der Waals surface area contributed by atoms with Crippen LogP contribution in [0.5, 0.6) is 11.5 Å². The minimum atomic E-state index is -0.0177. The Bertz CT molecular complexity index is 444. The van der Waals surface area contributed by atoms with Gasteiger partial charge in [0.15, 0.2) is 11.5 Å². The molecule has 1 heterocycles. The highest BCUT2D eigenvalue weighted by molar-refractivity contribution is 5.47. The number of ether oxygens (including phenoxy) is 2. The van der Waals surface area contributed by atoms with E-state index in [4.69, 9.17) is 15.2 Å². The van der Waals surface area contributed by atoms with Crippen LogP contribution in [0.15, 0.2) is 18.2 Å². The van der Waals surface area contributed by atoms with Gasteiger partial charge in [-0.15, -0.1) is 0 Å². The summed E-state index contributed by atoms with van der Waals surface area (Å²) in [6.07, 6.45) is 3.42. The molecule has 4 heteroatoms. The summed E-state index contributed by atoms with van der Waals surface area (Å²) in [7, 11) is 3.36. The molecular weight excluding hydrogens is 252 g/mol. The second-order valence-corrected chi connectivity index (χ2v) is 5.72.